The van der Waals surface area contributed by atoms with Gasteiger partial charge in [-0.3, -0.25) is 0 Å². The average molecular weight is 259 g/mol. The summed E-state index contributed by atoms with van der Waals surface area (Å²) < 4.78 is 2.08. The Hall–Kier alpha value is -1.81. The van der Waals surface area contributed by atoms with Gasteiger partial charge in [-0.15, -0.1) is 0 Å². The van der Waals surface area contributed by atoms with Crippen molar-refractivity contribution in [3.8, 4) is 5.75 Å². The molecule has 0 aliphatic heterocycles. The summed E-state index contributed by atoms with van der Waals surface area (Å²) in [5, 5.41) is 12.9. The molecule has 4 nitrogen and oxygen atoms in total. The molecule has 0 saturated heterocycles. The molecule has 4 heteroatoms. The molecule has 0 spiro atoms. The second-order valence-corrected chi connectivity index (χ2v) is 5.25. The third kappa shape index (κ3) is 3.83. The highest BCUT2D eigenvalue weighted by Gasteiger charge is 2.18. The lowest BCUT2D eigenvalue weighted by Crippen LogP contribution is -2.37. The maximum absolute atomic E-state index is 9.31. The quantitative estimate of drug-likeness (QED) is 0.784. The molecule has 0 amide bonds. The summed E-state index contributed by atoms with van der Waals surface area (Å²) in [6.07, 6.45) is 6.67. The van der Waals surface area contributed by atoms with E-state index in [2.05, 4.69) is 28.7 Å². The van der Waals surface area contributed by atoms with Gasteiger partial charge in [0, 0.05) is 24.5 Å². The standard InChI is InChI=1S/C15H21N3O/c1-15(2,13-4-6-14(19)7-5-13)17-8-3-10-18-11-9-16-12-18/h4-7,9,11-12,17,19H,3,8,10H2,1-2H3. The van der Waals surface area contributed by atoms with Crippen molar-refractivity contribution in [1.82, 2.24) is 14.9 Å². The summed E-state index contributed by atoms with van der Waals surface area (Å²) in [6.45, 7) is 6.21. The molecule has 2 rings (SSSR count). The number of hydrogen-bond acceptors (Lipinski definition) is 3. The predicted molar refractivity (Wildman–Crippen MR) is 76.0 cm³/mol. The molecule has 0 bridgehead atoms. The van der Waals surface area contributed by atoms with Crippen molar-refractivity contribution >= 4 is 0 Å². The highest BCUT2D eigenvalue weighted by molar-refractivity contribution is 5.30. The first-order valence-electron chi connectivity index (χ1n) is 6.58. The number of nitrogens with one attached hydrogen (secondary N) is 1. The van der Waals surface area contributed by atoms with E-state index in [1.54, 1.807) is 18.3 Å². The van der Waals surface area contributed by atoms with Crippen LogP contribution >= 0.6 is 0 Å². The molecular formula is C15H21N3O. The van der Waals surface area contributed by atoms with Crippen LogP contribution in [0, 0.1) is 0 Å². The van der Waals surface area contributed by atoms with Gasteiger partial charge in [0.15, 0.2) is 0 Å². The van der Waals surface area contributed by atoms with Crippen molar-refractivity contribution in [3.05, 3.63) is 48.5 Å². The molecule has 0 saturated carbocycles. The third-order valence-electron chi connectivity index (χ3n) is 3.31. The molecule has 0 radical (unpaired) electrons. The van der Waals surface area contributed by atoms with Gasteiger partial charge in [0.2, 0.25) is 0 Å². The fourth-order valence-electron chi connectivity index (χ4n) is 2.06. The van der Waals surface area contributed by atoms with E-state index in [-0.39, 0.29) is 5.54 Å². The van der Waals surface area contributed by atoms with Crippen LogP contribution in [0.15, 0.2) is 43.0 Å². The lowest BCUT2D eigenvalue weighted by atomic mass is 9.94. The van der Waals surface area contributed by atoms with Crippen LogP contribution in [0.3, 0.4) is 0 Å². The van der Waals surface area contributed by atoms with Crippen LogP contribution in [-0.4, -0.2) is 21.2 Å². The first-order valence-corrected chi connectivity index (χ1v) is 6.58. The monoisotopic (exact) mass is 259 g/mol. The Balaban J connectivity index is 1.82. The molecule has 0 fully saturated rings. The molecule has 2 N–H and O–H groups in total. The summed E-state index contributed by atoms with van der Waals surface area (Å²) >= 11 is 0. The van der Waals surface area contributed by atoms with E-state index in [4.69, 9.17) is 0 Å². The number of phenols is 1. The minimum Gasteiger partial charge on any atom is -0.508 e. The second-order valence-electron chi connectivity index (χ2n) is 5.25. The van der Waals surface area contributed by atoms with Gasteiger partial charge in [-0.2, -0.15) is 0 Å². The topological polar surface area (TPSA) is 50.1 Å². The van der Waals surface area contributed by atoms with E-state index in [9.17, 15) is 5.11 Å². The first kappa shape index (κ1) is 13.6. The van der Waals surface area contributed by atoms with Crippen LogP contribution in [0.2, 0.25) is 0 Å². The van der Waals surface area contributed by atoms with Crippen LogP contribution in [0.5, 0.6) is 5.75 Å². The Morgan fingerprint density at radius 3 is 2.63 bits per heavy atom. The van der Waals surface area contributed by atoms with Crippen molar-refractivity contribution in [1.29, 1.82) is 0 Å². The van der Waals surface area contributed by atoms with Crippen LogP contribution in [0.4, 0.5) is 0 Å². The van der Waals surface area contributed by atoms with Gasteiger partial charge in [-0.1, -0.05) is 12.1 Å². The number of rotatable bonds is 6. The van der Waals surface area contributed by atoms with E-state index in [1.807, 2.05) is 24.7 Å². The maximum atomic E-state index is 9.31. The molecule has 102 valence electrons. The Morgan fingerprint density at radius 1 is 1.26 bits per heavy atom. The maximum Gasteiger partial charge on any atom is 0.115 e. The summed E-state index contributed by atoms with van der Waals surface area (Å²) in [5.41, 5.74) is 1.08. The minimum absolute atomic E-state index is 0.0946. The molecule has 2 aromatic rings. The van der Waals surface area contributed by atoms with E-state index in [1.165, 1.54) is 5.56 Å². The van der Waals surface area contributed by atoms with E-state index in [0.717, 1.165) is 19.5 Å². The Labute approximate surface area is 114 Å². The summed E-state index contributed by atoms with van der Waals surface area (Å²) in [4.78, 5) is 4.02. The second kappa shape index (κ2) is 5.89. The van der Waals surface area contributed by atoms with E-state index >= 15 is 0 Å². The molecule has 1 aromatic heterocycles. The SMILES string of the molecule is CC(C)(NCCCn1ccnc1)c1ccc(O)cc1. The van der Waals surface area contributed by atoms with Gasteiger partial charge >= 0.3 is 0 Å². The molecule has 0 unspecified atom stereocenters. The van der Waals surface area contributed by atoms with Gasteiger partial charge in [0.25, 0.3) is 0 Å². The number of imidazole rings is 1. The lowest BCUT2D eigenvalue weighted by Gasteiger charge is -2.27. The zero-order chi connectivity index (χ0) is 13.7. The zero-order valence-corrected chi connectivity index (χ0v) is 11.5. The van der Waals surface area contributed by atoms with Gasteiger partial charge in [-0.25, -0.2) is 4.98 Å². The highest BCUT2D eigenvalue weighted by Crippen LogP contribution is 2.22. The smallest absolute Gasteiger partial charge is 0.115 e. The Morgan fingerprint density at radius 2 is 2.00 bits per heavy atom. The highest BCUT2D eigenvalue weighted by atomic mass is 16.3. The van der Waals surface area contributed by atoms with Gasteiger partial charge < -0.3 is 15.0 Å². The molecule has 0 aliphatic carbocycles. The van der Waals surface area contributed by atoms with Crippen molar-refractivity contribution in [2.24, 2.45) is 0 Å². The molecule has 1 aromatic carbocycles. The minimum atomic E-state index is -0.0946. The normalized spacial score (nSPS) is 11.7. The van der Waals surface area contributed by atoms with Crippen molar-refractivity contribution < 1.29 is 5.11 Å². The summed E-state index contributed by atoms with van der Waals surface area (Å²) in [6, 6.07) is 7.37. The fraction of sp³-hybridized carbons (Fsp3) is 0.400. The number of benzene rings is 1. The van der Waals surface area contributed by atoms with Crippen molar-refractivity contribution in [3.63, 3.8) is 0 Å². The van der Waals surface area contributed by atoms with Gasteiger partial charge in [-0.05, 0) is 44.5 Å². The molecule has 0 atom stereocenters. The van der Waals surface area contributed by atoms with Crippen LogP contribution < -0.4 is 5.32 Å². The lowest BCUT2D eigenvalue weighted by molar-refractivity contribution is 0.392. The van der Waals surface area contributed by atoms with Crippen LogP contribution in [-0.2, 0) is 12.1 Å². The number of hydrogen-bond donors (Lipinski definition) is 2. The fourth-order valence-corrected chi connectivity index (χ4v) is 2.06. The number of aromatic nitrogens is 2. The summed E-state index contributed by atoms with van der Waals surface area (Å²) in [5.74, 6) is 0.305. The first-order chi connectivity index (χ1) is 9.08. The van der Waals surface area contributed by atoms with Crippen molar-refractivity contribution in [2.45, 2.75) is 32.4 Å². The van der Waals surface area contributed by atoms with Crippen LogP contribution in [0.25, 0.3) is 0 Å². The molecular weight excluding hydrogens is 238 g/mol. The largest absolute Gasteiger partial charge is 0.508 e. The van der Waals surface area contributed by atoms with Crippen molar-refractivity contribution in [2.75, 3.05) is 6.54 Å². The molecule has 1 heterocycles. The number of aryl methyl sites for hydroxylation is 1. The van der Waals surface area contributed by atoms with Crippen LogP contribution in [0.1, 0.15) is 25.8 Å². The van der Waals surface area contributed by atoms with Gasteiger partial charge in [0.1, 0.15) is 5.75 Å². The van der Waals surface area contributed by atoms with Gasteiger partial charge in [0.05, 0.1) is 6.33 Å². The zero-order valence-electron chi connectivity index (χ0n) is 11.5. The number of nitrogens with zero attached hydrogens (tertiary/aromatic N) is 2. The average Bonchev–Trinajstić information content (AvgIpc) is 2.88. The predicted octanol–water partition coefficient (Wildman–Crippen LogP) is 2.50. The Bertz CT molecular complexity index is 489. The van der Waals surface area contributed by atoms with E-state index in [0.29, 0.717) is 5.75 Å². The van der Waals surface area contributed by atoms with E-state index < -0.39 is 0 Å². The molecule has 19 heavy (non-hydrogen) atoms. The number of phenolic OH excluding ortho intramolecular Hbond substituents is 1. The molecule has 0 aliphatic rings. The third-order valence-corrected chi connectivity index (χ3v) is 3.31. The Kier molecular flexibility index (Phi) is 4.22. The summed E-state index contributed by atoms with van der Waals surface area (Å²) in [7, 11) is 0. The number of aromatic hydroxyl groups is 1.